The standard InChI is InChI=1S/C14H22N2O3/c1-9-7-10(18-5)8-11(19-6)12(9)14(2,3)13(17)16(4)15/h7-8H,15H2,1-6H3. The first-order valence-corrected chi connectivity index (χ1v) is 6.01. The lowest BCUT2D eigenvalue weighted by Gasteiger charge is -2.30. The second kappa shape index (κ2) is 5.48. The summed E-state index contributed by atoms with van der Waals surface area (Å²) in [6.07, 6.45) is 0. The van der Waals surface area contributed by atoms with E-state index in [9.17, 15) is 4.79 Å². The molecular weight excluding hydrogens is 244 g/mol. The largest absolute Gasteiger partial charge is 0.497 e. The summed E-state index contributed by atoms with van der Waals surface area (Å²) in [6, 6.07) is 3.65. The van der Waals surface area contributed by atoms with Crippen LogP contribution in [0.25, 0.3) is 0 Å². The molecule has 1 rings (SSSR count). The lowest BCUT2D eigenvalue weighted by atomic mass is 9.80. The SMILES string of the molecule is COc1cc(C)c(C(C)(C)C(=O)N(C)N)c(OC)c1. The van der Waals surface area contributed by atoms with Gasteiger partial charge in [-0.15, -0.1) is 0 Å². The van der Waals surface area contributed by atoms with Crippen molar-refractivity contribution in [2.24, 2.45) is 5.84 Å². The Morgan fingerprint density at radius 2 is 1.84 bits per heavy atom. The van der Waals surface area contributed by atoms with Crippen LogP contribution in [0, 0.1) is 6.92 Å². The third-order valence-corrected chi connectivity index (χ3v) is 3.21. The molecule has 0 fully saturated rings. The average molecular weight is 266 g/mol. The Morgan fingerprint density at radius 1 is 1.26 bits per heavy atom. The fourth-order valence-corrected chi connectivity index (χ4v) is 2.35. The molecule has 0 saturated carbocycles. The summed E-state index contributed by atoms with van der Waals surface area (Å²) in [5.74, 6) is 6.71. The lowest BCUT2D eigenvalue weighted by molar-refractivity contribution is -0.135. The number of rotatable bonds is 4. The molecule has 0 aliphatic carbocycles. The molecule has 2 N–H and O–H groups in total. The molecule has 0 bridgehead atoms. The highest BCUT2D eigenvalue weighted by Gasteiger charge is 2.36. The van der Waals surface area contributed by atoms with Gasteiger partial charge < -0.3 is 9.47 Å². The van der Waals surface area contributed by atoms with Gasteiger partial charge in [0.2, 0.25) is 5.91 Å². The fourth-order valence-electron chi connectivity index (χ4n) is 2.35. The average Bonchev–Trinajstić information content (AvgIpc) is 2.35. The van der Waals surface area contributed by atoms with E-state index in [0.29, 0.717) is 11.5 Å². The summed E-state index contributed by atoms with van der Waals surface area (Å²) in [4.78, 5) is 12.3. The van der Waals surface area contributed by atoms with Crippen molar-refractivity contribution in [1.29, 1.82) is 0 Å². The van der Waals surface area contributed by atoms with Gasteiger partial charge in [-0.25, -0.2) is 5.84 Å². The molecule has 0 aromatic heterocycles. The quantitative estimate of drug-likeness (QED) is 0.511. The van der Waals surface area contributed by atoms with Gasteiger partial charge in [0, 0.05) is 18.7 Å². The van der Waals surface area contributed by atoms with Gasteiger partial charge in [0.15, 0.2) is 0 Å². The zero-order valence-corrected chi connectivity index (χ0v) is 12.4. The molecule has 1 aromatic rings. The van der Waals surface area contributed by atoms with Crippen molar-refractivity contribution >= 4 is 5.91 Å². The molecule has 0 heterocycles. The Hall–Kier alpha value is -1.75. The molecule has 1 amide bonds. The zero-order valence-electron chi connectivity index (χ0n) is 12.4. The number of hydrogen-bond donors (Lipinski definition) is 1. The molecule has 0 aliphatic heterocycles. The Labute approximate surface area is 114 Å². The van der Waals surface area contributed by atoms with E-state index >= 15 is 0 Å². The minimum atomic E-state index is -0.773. The number of hydrogen-bond acceptors (Lipinski definition) is 4. The van der Waals surface area contributed by atoms with Crippen molar-refractivity contribution in [2.75, 3.05) is 21.3 Å². The smallest absolute Gasteiger partial charge is 0.246 e. The van der Waals surface area contributed by atoms with E-state index in [0.717, 1.165) is 16.1 Å². The van der Waals surface area contributed by atoms with Gasteiger partial charge in [0.25, 0.3) is 0 Å². The normalized spacial score (nSPS) is 11.1. The van der Waals surface area contributed by atoms with Gasteiger partial charge >= 0.3 is 0 Å². The number of carbonyl (C=O) groups excluding carboxylic acids is 1. The number of amides is 1. The minimum Gasteiger partial charge on any atom is -0.497 e. The number of nitrogens with zero attached hydrogens (tertiary/aromatic N) is 1. The predicted molar refractivity (Wildman–Crippen MR) is 74.3 cm³/mol. The first-order valence-electron chi connectivity index (χ1n) is 6.01. The number of benzene rings is 1. The second-order valence-corrected chi connectivity index (χ2v) is 5.06. The van der Waals surface area contributed by atoms with Crippen LogP contribution in [0.1, 0.15) is 25.0 Å². The van der Waals surface area contributed by atoms with Crippen LogP contribution in [0.5, 0.6) is 11.5 Å². The number of likely N-dealkylation sites (N-methyl/N-ethyl adjacent to an activating group) is 1. The topological polar surface area (TPSA) is 64.8 Å². The second-order valence-electron chi connectivity index (χ2n) is 5.06. The minimum absolute atomic E-state index is 0.181. The van der Waals surface area contributed by atoms with Gasteiger partial charge in [0.1, 0.15) is 11.5 Å². The van der Waals surface area contributed by atoms with Crippen LogP contribution in [-0.4, -0.2) is 32.2 Å². The fraction of sp³-hybridized carbons (Fsp3) is 0.500. The van der Waals surface area contributed by atoms with E-state index in [4.69, 9.17) is 15.3 Å². The van der Waals surface area contributed by atoms with E-state index in [2.05, 4.69) is 0 Å². The van der Waals surface area contributed by atoms with Gasteiger partial charge in [0.05, 0.1) is 19.6 Å². The molecule has 0 unspecified atom stereocenters. The molecule has 1 aromatic carbocycles. The maximum absolute atomic E-state index is 12.3. The molecule has 0 radical (unpaired) electrons. The van der Waals surface area contributed by atoms with Gasteiger partial charge in [-0.1, -0.05) is 0 Å². The maximum atomic E-state index is 12.3. The van der Waals surface area contributed by atoms with Crippen molar-refractivity contribution in [3.05, 3.63) is 23.3 Å². The molecule has 0 saturated heterocycles. The molecule has 0 aliphatic rings. The Balaban J connectivity index is 3.45. The van der Waals surface area contributed by atoms with E-state index in [-0.39, 0.29) is 5.91 Å². The van der Waals surface area contributed by atoms with Crippen LogP contribution in [0.3, 0.4) is 0 Å². The summed E-state index contributed by atoms with van der Waals surface area (Å²) in [7, 11) is 4.71. The number of nitrogens with two attached hydrogens (primary N) is 1. The lowest BCUT2D eigenvalue weighted by Crippen LogP contribution is -2.45. The number of aryl methyl sites for hydroxylation is 1. The van der Waals surface area contributed by atoms with Crippen molar-refractivity contribution in [3.63, 3.8) is 0 Å². The van der Waals surface area contributed by atoms with Crippen LogP contribution < -0.4 is 15.3 Å². The van der Waals surface area contributed by atoms with Crippen molar-refractivity contribution < 1.29 is 14.3 Å². The van der Waals surface area contributed by atoms with E-state index in [1.54, 1.807) is 20.3 Å². The Kier molecular flexibility index (Phi) is 4.42. The molecule has 5 heteroatoms. The summed E-state index contributed by atoms with van der Waals surface area (Å²) in [5, 5.41) is 1.10. The first-order chi connectivity index (χ1) is 8.75. The molecular formula is C14H22N2O3. The zero-order chi connectivity index (χ0) is 14.8. The van der Waals surface area contributed by atoms with E-state index < -0.39 is 5.41 Å². The third kappa shape index (κ3) is 2.81. The summed E-state index contributed by atoms with van der Waals surface area (Å²) in [5.41, 5.74) is 0.972. The maximum Gasteiger partial charge on any atom is 0.246 e. The van der Waals surface area contributed by atoms with Crippen molar-refractivity contribution in [2.45, 2.75) is 26.2 Å². The number of hydrazine groups is 1. The van der Waals surface area contributed by atoms with E-state index in [1.165, 1.54) is 7.05 Å². The first kappa shape index (κ1) is 15.3. The van der Waals surface area contributed by atoms with Gasteiger partial charge in [-0.05, 0) is 32.4 Å². The Morgan fingerprint density at radius 3 is 2.26 bits per heavy atom. The van der Waals surface area contributed by atoms with Crippen LogP contribution >= 0.6 is 0 Å². The monoisotopic (exact) mass is 266 g/mol. The number of carbonyl (C=O) groups is 1. The third-order valence-electron chi connectivity index (χ3n) is 3.21. The van der Waals surface area contributed by atoms with Crippen molar-refractivity contribution in [1.82, 2.24) is 5.01 Å². The molecule has 0 spiro atoms. The predicted octanol–water partition coefficient (Wildman–Crippen LogP) is 1.62. The molecule has 5 nitrogen and oxygen atoms in total. The Bertz CT molecular complexity index is 482. The van der Waals surface area contributed by atoms with Crippen LogP contribution in [0.2, 0.25) is 0 Å². The number of ether oxygens (including phenoxy) is 2. The van der Waals surface area contributed by atoms with Crippen LogP contribution in [0.4, 0.5) is 0 Å². The highest BCUT2D eigenvalue weighted by Crippen LogP contribution is 2.38. The molecule has 19 heavy (non-hydrogen) atoms. The highest BCUT2D eigenvalue weighted by molar-refractivity contribution is 5.88. The van der Waals surface area contributed by atoms with Gasteiger partial charge in [-0.2, -0.15) is 0 Å². The molecule has 106 valence electrons. The summed E-state index contributed by atoms with van der Waals surface area (Å²) < 4.78 is 10.6. The van der Waals surface area contributed by atoms with Crippen molar-refractivity contribution in [3.8, 4) is 11.5 Å². The van der Waals surface area contributed by atoms with Gasteiger partial charge in [-0.3, -0.25) is 9.80 Å². The summed E-state index contributed by atoms with van der Waals surface area (Å²) in [6.45, 7) is 5.58. The van der Waals surface area contributed by atoms with E-state index in [1.807, 2.05) is 26.8 Å². The number of methoxy groups -OCH3 is 2. The van der Waals surface area contributed by atoms with Crippen LogP contribution in [-0.2, 0) is 10.2 Å². The summed E-state index contributed by atoms with van der Waals surface area (Å²) >= 11 is 0. The van der Waals surface area contributed by atoms with Crippen LogP contribution in [0.15, 0.2) is 12.1 Å². The highest BCUT2D eigenvalue weighted by atomic mass is 16.5. The molecule has 0 atom stereocenters.